The summed E-state index contributed by atoms with van der Waals surface area (Å²) in [6, 6.07) is 14.5. The van der Waals surface area contributed by atoms with Crippen molar-refractivity contribution in [2.24, 2.45) is 0 Å². The van der Waals surface area contributed by atoms with E-state index in [9.17, 15) is 13.2 Å². The van der Waals surface area contributed by atoms with Crippen LogP contribution in [0.2, 0.25) is 0 Å². The van der Waals surface area contributed by atoms with Crippen molar-refractivity contribution in [1.82, 2.24) is 14.5 Å². The van der Waals surface area contributed by atoms with E-state index in [2.05, 4.69) is 22.4 Å². The normalized spacial score (nSPS) is 16.1. The molecule has 164 valence electrons. The maximum atomic E-state index is 13.8. The maximum absolute atomic E-state index is 13.8. The molecule has 0 aliphatic heterocycles. The zero-order valence-electron chi connectivity index (χ0n) is 17.4. The average molecular weight is 455 g/mol. The minimum absolute atomic E-state index is 0.0474. The maximum Gasteiger partial charge on any atom is 0.418 e. The quantitative estimate of drug-likeness (QED) is 0.366. The Balaban J connectivity index is 1.47. The van der Waals surface area contributed by atoms with Gasteiger partial charge in [-0.2, -0.15) is 13.2 Å². The van der Waals surface area contributed by atoms with Gasteiger partial charge in [-0.15, -0.1) is 11.3 Å². The number of thiazole rings is 1. The van der Waals surface area contributed by atoms with Crippen LogP contribution in [0.1, 0.15) is 46.2 Å². The number of hydrogen-bond donors (Lipinski definition) is 1. The van der Waals surface area contributed by atoms with E-state index in [0.717, 1.165) is 31.0 Å². The number of imidazole rings is 1. The minimum Gasteiger partial charge on any atom is -0.332 e. The van der Waals surface area contributed by atoms with Crippen LogP contribution in [-0.2, 0) is 12.6 Å². The standard InChI is InChI=1S/C24H21F3N4S/c1-15-13-31(14-28-15)20-11-10-17(12-19(20)24(25,26)27)29-23-30-22-18(8-5-9-21(22)32-23)16-6-3-2-4-7-16/h2-4,6-7,10-14,18H,5,8-9H2,1H3,(H,29,30). The van der Waals surface area contributed by atoms with Crippen molar-refractivity contribution in [2.45, 2.75) is 38.3 Å². The second-order valence-corrected chi connectivity index (χ2v) is 9.04. The van der Waals surface area contributed by atoms with E-state index in [1.165, 1.54) is 38.7 Å². The predicted octanol–water partition coefficient (Wildman–Crippen LogP) is 6.87. The highest BCUT2D eigenvalue weighted by atomic mass is 32.1. The molecule has 1 atom stereocenters. The molecule has 1 unspecified atom stereocenters. The first-order valence-electron chi connectivity index (χ1n) is 10.4. The Labute approximate surface area is 187 Å². The number of fused-ring (bicyclic) bond motifs is 1. The fourth-order valence-corrected chi connectivity index (χ4v) is 5.31. The molecule has 0 bridgehead atoms. The van der Waals surface area contributed by atoms with Crippen molar-refractivity contribution < 1.29 is 13.2 Å². The fraction of sp³-hybridized carbons (Fsp3) is 0.250. The predicted molar refractivity (Wildman–Crippen MR) is 120 cm³/mol. The van der Waals surface area contributed by atoms with Gasteiger partial charge in [-0.1, -0.05) is 30.3 Å². The molecule has 2 aromatic heterocycles. The second-order valence-electron chi connectivity index (χ2n) is 7.96. The smallest absolute Gasteiger partial charge is 0.332 e. The summed E-state index contributed by atoms with van der Waals surface area (Å²) in [6.45, 7) is 1.74. The summed E-state index contributed by atoms with van der Waals surface area (Å²) in [5, 5.41) is 3.73. The number of nitrogens with one attached hydrogen (secondary N) is 1. The van der Waals surface area contributed by atoms with Gasteiger partial charge in [-0.25, -0.2) is 9.97 Å². The number of rotatable bonds is 4. The van der Waals surface area contributed by atoms with Crippen LogP contribution in [-0.4, -0.2) is 14.5 Å². The van der Waals surface area contributed by atoms with E-state index >= 15 is 0 Å². The number of alkyl halides is 3. The van der Waals surface area contributed by atoms with Gasteiger partial charge in [0.15, 0.2) is 5.13 Å². The first-order chi connectivity index (χ1) is 15.4. The topological polar surface area (TPSA) is 42.7 Å². The Kier molecular flexibility index (Phi) is 5.25. The largest absolute Gasteiger partial charge is 0.418 e. The van der Waals surface area contributed by atoms with Crippen LogP contribution >= 0.6 is 11.3 Å². The number of nitrogens with zero attached hydrogens (tertiary/aromatic N) is 3. The van der Waals surface area contributed by atoms with Crippen LogP contribution in [0.15, 0.2) is 61.1 Å². The van der Waals surface area contributed by atoms with Gasteiger partial charge in [-0.3, -0.25) is 0 Å². The summed E-state index contributed by atoms with van der Waals surface area (Å²) in [6.07, 6.45) is 1.53. The van der Waals surface area contributed by atoms with E-state index in [4.69, 9.17) is 4.98 Å². The Morgan fingerprint density at radius 1 is 1.12 bits per heavy atom. The average Bonchev–Trinajstić information content (AvgIpc) is 3.39. The van der Waals surface area contributed by atoms with E-state index in [-0.39, 0.29) is 11.6 Å². The monoisotopic (exact) mass is 454 g/mol. The van der Waals surface area contributed by atoms with Crippen molar-refractivity contribution in [2.75, 3.05) is 5.32 Å². The van der Waals surface area contributed by atoms with Crippen LogP contribution in [0.4, 0.5) is 24.0 Å². The molecule has 5 rings (SSSR count). The second kappa shape index (κ2) is 8.09. The third-order valence-electron chi connectivity index (χ3n) is 5.70. The van der Waals surface area contributed by atoms with Gasteiger partial charge >= 0.3 is 6.18 Å². The SMILES string of the molecule is Cc1cn(-c2ccc(Nc3nc4c(s3)CCCC4c3ccccc3)cc2C(F)(F)F)cn1. The molecule has 0 spiro atoms. The number of aryl methyl sites for hydroxylation is 2. The molecule has 1 N–H and O–H groups in total. The Bertz CT molecular complexity index is 1240. The summed E-state index contributed by atoms with van der Waals surface area (Å²) in [7, 11) is 0. The number of anilines is 2. The molecule has 2 aromatic carbocycles. The van der Waals surface area contributed by atoms with Gasteiger partial charge in [-0.05, 0) is 49.9 Å². The van der Waals surface area contributed by atoms with E-state index in [1.807, 2.05) is 18.2 Å². The molecule has 0 fully saturated rings. The molecule has 0 radical (unpaired) electrons. The van der Waals surface area contributed by atoms with Crippen LogP contribution < -0.4 is 5.32 Å². The lowest BCUT2D eigenvalue weighted by Gasteiger charge is -2.21. The molecule has 8 heteroatoms. The van der Waals surface area contributed by atoms with Gasteiger partial charge in [0.1, 0.15) is 0 Å². The number of benzene rings is 2. The number of halogens is 3. The van der Waals surface area contributed by atoms with E-state index < -0.39 is 11.7 Å². The molecule has 32 heavy (non-hydrogen) atoms. The van der Waals surface area contributed by atoms with Crippen LogP contribution in [0.5, 0.6) is 0 Å². The van der Waals surface area contributed by atoms with Crippen molar-refractivity contribution in [3.05, 3.63) is 88.4 Å². The Morgan fingerprint density at radius 3 is 2.66 bits per heavy atom. The van der Waals surface area contributed by atoms with Gasteiger partial charge < -0.3 is 9.88 Å². The summed E-state index contributed by atoms with van der Waals surface area (Å²) in [4.78, 5) is 10.0. The van der Waals surface area contributed by atoms with Crippen molar-refractivity contribution >= 4 is 22.2 Å². The first-order valence-corrected chi connectivity index (χ1v) is 11.2. The molecule has 2 heterocycles. The highest BCUT2D eigenvalue weighted by Crippen LogP contribution is 2.41. The fourth-order valence-electron chi connectivity index (χ4n) is 4.22. The lowest BCUT2D eigenvalue weighted by Crippen LogP contribution is -2.11. The summed E-state index contributed by atoms with van der Waals surface area (Å²) in [5.41, 5.74) is 2.61. The molecular formula is C24H21F3N4S. The molecule has 0 amide bonds. The van der Waals surface area contributed by atoms with E-state index in [0.29, 0.717) is 16.5 Å². The van der Waals surface area contributed by atoms with Gasteiger partial charge in [0.2, 0.25) is 0 Å². The lowest BCUT2D eigenvalue weighted by molar-refractivity contribution is -0.137. The zero-order valence-corrected chi connectivity index (χ0v) is 18.2. The van der Waals surface area contributed by atoms with Gasteiger partial charge in [0, 0.05) is 22.7 Å². The zero-order chi connectivity index (χ0) is 22.3. The van der Waals surface area contributed by atoms with Gasteiger partial charge in [0.05, 0.1) is 29.0 Å². The van der Waals surface area contributed by atoms with Crippen molar-refractivity contribution in [1.29, 1.82) is 0 Å². The van der Waals surface area contributed by atoms with Crippen molar-refractivity contribution in [3.8, 4) is 5.69 Å². The van der Waals surface area contributed by atoms with E-state index in [1.54, 1.807) is 19.2 Å². The first kappa shape index (κ1) is 20.8. The lowest BCUT2D eigenvalue weighted by atomic mass is 9.85. The Morgan fingerprint density at radius 2 is 1.94 bits per heavy atom. The molecule has 0 saturated carbocycles. The highest BCUT2D eigenvalue weighted by molar-refractivity contribution is 7.15. The molecular weight excluding hydrogens is 433 g/mol. The summed E-state index contributed by atoms with van der Waals surface area (Å²) in [5.74, 6) is 0.226. The van der Waals surface area contributed by atoms with Gasteiger partial charge in [0.25, 0.3) is 0 Å². The molecule has 0 saturated heterocycles. The number of hydrogen-bond acceptors (Lipinski definition) is 4. The molecule has 1 aliphatic rings. The molecule has 1 aliphatic carbocycles. The number of aromatic nitrogens is 3. The summed E-state index contributed by atoms with van der Waals surface area (Å²) >= 11 is 1.53. The third-order valence-corrected chi connectivity index (χ3v) is 6.75. The molecule has 4 aromatic rings. The van der Waals surface area contributed by atoms with Crippen molar-refractivity contribution in [3.63, 3.8) is 0 Å². The molecule has 4 nitrogen and oxygen atoms in total. The van der Waals surface area contributed by atoms with Crippen LogP contribution in [0.25, 0.3) is 5.69 Å². The minimum atomic E-state index is -4.49. The summed E-state index contributed by atoms with van der Waals surface area (Å²) < 4.78 is 42.8. The van der Waals surface area contributed by atoms with Crippen LogP contribution in [0.3, 0.4) is 0 Å². The third kappa shape index (κ3) is 4.02. The Hall–Kier alpha value is -3.13. The van der Waals surface area contributed by atoms with Crippen LogP contribution in [0, 0.1) is 6.92 Å². The highest BCUT2D eigenvalue weighted by Gasteiger charge is 2.34.